The number of aromatic nitrogens is 2. The van der Waals surface area contributed by atoms with Crippen LogP contribution in [0.1, 0.15) is 131 Å². The van der Waals surface area contributed by atoms with Crippen molar-refractivity contribution in [1.29, 1.82) is 0 Å². The van der Waals surface area contributed by atoms with Gasteiger partial charge < -0.3 is 9.80 Å². The van der Waals surface area contributed by atoms with E-state index in [0.29, 0.717) is 33.3 Å². The minimum atomic E-state index is -0.981. The smallest absolute Gasteiger partial charge is 0.282 e. The number of imide groups is 1. The first-order valence-electron chi connectivity index (χ1n) is 21.8. The lowest BCUT2D eigenvalue weighted by Crippen LogP contribution is -2.44. The van der Waals surface area contributed by atoms with Gasteiger partial charge in [-0.05, 0) is 142 Å². The maximum Gasteiger partial charge on any atom is 0.282 e. The number of likely N-dealkylation sites (tertiary alicyclic amines) is 1. The molecule has 11 heteroatoms. The van der Waals surface area contributed by atoms with Crippen molar-refractivity contribution < 1.29 is 18.4 Å². The average Bonchev–Trinajstić information content (AvgIpc) is 3.47. The maximum absolute atomic E-state index is 15.3. The van der Waals surface area contributed by atoms with Gasteiger partial charge in [0.25, 0.3) is 5.56 Å². The van der Waals surface area contributed by atoms with Gasteiger partial charge >= 0.3 is 0 Å². The fourth-order valence-electron chi connectivity index (χ4n) is 12.0. The summed E-state index contributed by atoms with van der Waals surface area (Å²) < 4.78 is 32.8. The van der Waals surface area contributed by atoms with Crippen molar-refractivity contribution in [3.63, 3.8) is 0 Å². The summed E-state index contributed by atoms with van der Waals surface area (Å²) in [5.74, 6) is -1.35. The molecule has 5 fully saturated rings. The Morgan fingerprint density at radius 1 is 0.810 bits per heavy atom. The zero-order valence-corrected chi connectivity index (χ0v) is 33.9. The number of rotatable bonds is 5. The van der Waals surface area contributed by atoms with Gasteiger partial charge in [-0.25, -0.2) is 8.78 Å². The number of halogens is 3. The van der Waals surface area contributed by atoms with Crippen LogP contribution in [0.3, 0.4) is 0 Å². The molecule has 2 saturated carbocycles. The fourth-order valence-corrected chi connectivity index (χ4v) is 12.3. The molecule has 10 rings (SSSR count). The molecular formula is C47H52ClF2N5O3. The standard InChI is InChI=1S/C47H52ClF2N5O3/c48-35-5-4-6-38-42(35)44(58)52-45-47(15-2-1-3-16-47)34-9-7-31(25-39(34)55(38)45)30-13-21-53(22-14-30)28-29-11-17-46(18-12-29)19-23-54(24-20-46)32-26-36(49)41(37(50)27-32)33-8-10-40(56)51-43(33)57/h4-7,9,25-27,29-30,33H,1-3,8,10-24,28H2,(H,51,56,57). The van der Waals surface area contributed by atoms with Crippen LogP contribution in [0.5, 0.6) is 0 Å². The fraction of sp³-hybridized carbons (Fsp3) is 0.532. The van der Waals surface area contributed by atoms with Crippen molar-refractivity contribution in [1.82, 2.24) is 19.8 Å². The minimum Gasteiger partial charge on any atom is -0.371 e. The molecule has 6 aliphatic rings. The van der Waals surface area contributed by atoms with E-state index in [9.17, 15) is 14.4 Å². The summed E-state index contributed by atoms with van der Waals surface area (Å²) in [6.45, 7) is 4.88. The predicted molar refractivity (Wildman–Crippen MR) is 222 cm³/mol. The van der Waals surface area contributed by atoms with Crippen LogP contribution in [0, 0.1) is 23.0 Å². The van der Waals surface area contributed by atoms with Gasteiger partial charge in [-0.15, -0.1) is 0 Å². The number of anilines is 1. The van der Waals surface area contributed by atoms with Crippen molar-refractivity contribution in [2.75, 3.05) is 37.6 Å². The van der Waals surface area contributed by atoms with Crippen LogP contribution in [-0.2, 0) is 15.0 Å². The van der Waals surface area contributed by atoms with Crippen LogP contribution in [0.2, 0.25) is 5.02 Å². The minimum absolute atomic E-state index is 0.0798. The van der Waals surface area contributed by atoms with Crippen LogP contribution in [0.15, 0.2) is 53.3 Å². The summed E-state index contributed by atoms with van der Waals surface area (Å²) in [5.41, 5.74) is 4.90. The van der Waals surface area contributed by atoms with Crippen molar-refractivity contribution in [3.8, 4) is 5.69 Å². The highest BCUT2D eigenvalue weighted by Gasteiger charge is 2.47. The summed E-state index contributed by atoms with van der Waals surface area (Å²) in [6.07, 6.45) is 14.9. The lowest BCUT2D eigenvalue weighted by molar-refractivity contribution is -0.134. The molecule has 1 atom stereocenters. The molecular weight excluding hydrogens is 756 g/mol. The molecule has 2 amide bonds. The van der Waals surface area contributed by atoms with Gasteiger partial charge in [0.2, 0.25) is 11.8 Å². The first kappa shape index (κ1) is 38.1. The zero-order chi connectivity index (χ0) is 39.8. The lowest BCUT2D eigenvalue weighted by Gasteiger charge is -2.47. The lowest BCUT2D eigenvalue weighted by atomic mass is 9.65. The van der Waals surface area contributed by atoms with Crippen molar-refractivity contribution in [2.24, 2.45) is 11.3 Å². The zero-order valence-electron chi connectivity index (χ0n) is 33.1. The number of piperidine rings is 3. The van der Waals surface area contributed by atoms with E-state index in [2.05, 4.69) is 37.9 Å². The first-order chi connectivity index (χ1) is 28.1. The second kappa shape index (κ2) is 14.8. The van der Waals surface area contributed by atoms with Gasteiger partial charge in [0.05, 0.1) is 32.9 Å². The molecule has 0 radical (unpaired) electrons. The van der Waals surface area contributed by atoms with E-state index in [1.54, 1.807) is 6.07 Å². The summed E-state index contributed by atoms with van der Waals surface area (Å²) in [7, 11) is 0. The molecule has 1 N–H and O–H groups in total. The molecule has 3 aromatic carbocycles. The molecule has 304 valence electrons. The predicted octanol–water partition coefficient (Wildman–Crippen LogP) is 9.06. The van der Waals surface area contributed by atoms with E-state index in [1.807, 2.05) is 12.1 Å². The third-order valence-corrected chi connectivity index (χ3v) is 15.7. The third-order valence-electron chi connectivity index (χ3n) is 15.4. The number of benzene rings is 3. The molecule has 0 bridgehead atoms. The SMILES string of the molecule is O=C1CCC(c2c(F)cc(N3CCC4(CCC(CN5CCC(c6ccc7c(c6)-n6c(nc(=O)c8c(Cl)cccc86)C76CCCCC6)CC5)CC4)CC3)cc2F)C(=O)N1. The van der Waals surface area contributed by atoms with E-state index >= 15 is 8.78 Å². The molecule has 3 saturated heterocycles. The Hall–Kier alpha value is -4.15. The van der Waals surface area contributed by atoms with Crippen LogP contribution < -0.4 is 15.8 Å². The van der Waals surface area contributed by atoms with Gasteiger partial charge in [0.1, 0.15) is 17.5 Å². The monoisotopic (exact) mass is 807 g/mol. The highest BCUT2D eigenvalue weighted by Crippen LogP contribution is 2.53. The van der Waals surface area contributed by atoms with E-state index in [0.717, 1.165) is 95.4 Å². The molecule has 5 heterocycles. The summed E-state index contributed by atoms with van der Waals surface area (Å²) in [5, 5.41) is 3.18. The number of fused-ring (bicyclic) bond motifs is 7. The number of hydrogen-bond acceptors (Lipinski definition) is 6. The number of hydrogen-bond donors (Lipinski definition) is 1. The number of amides is 2. The van der Waals surface area contributed by atoms with Crippen molar-refractivity contribution in [2.45, 2.75) is 114 Å². The van der Waals surface area contributed by atoms with E-state index < -0.39 is 29.4 Å². The third kappa shape index (κ3) is 6.48. The largest absolute Gasteiger partial charge is 0.371 e. The quantitative estimate of drug-likeness (QED) is 0.203. The highest BCUT2D eigenvalue weighted by atomic mass is 35.5. The van der Waals surface area contributed by atoms with Crippen LogP contribution in [-0.4, -0.2) is 59.0 Å². The molecule has 2 aliphatic carbocycles. The van der Waals surface area contributed by atoms with E-state index in [1.165, 1.54) is 61.1 Å². The van der Waals surface area contributed by atoms with E-state index in [4.69, 9.17) is 16.6 Å². The van der Waals surface area contributed by atoms with Crippen molar-refractivity contribution >= 4 is 40.0 Å². The van der Waals surface area contributed by atoms with Crippen LogP contribution >= 0.6 is 11.6 Å². The number of carbonyl (C=O) groups is 2. The normalized spacial score (nSPS) is 23.7. The Kier molecular flexibility index (Phi) is 9.74. The second-order valence-electron chi connectivity index (χ2n) is 18.5. The maximum atomic E-state index is 15.3. The molecule has 8 nitrogen and oxygen atoms in total. The number of nitrogens with zero attached hydrogens (tertiary/aromatic N) is 4. The van der Waals surface area contributed by atoms with Gasteiger partial charge in [0, 0.05) is 37.3 Å². The topological polar surface area (TPSA) is 87.5 Å². The van der Waals surface area contributed by atoms with Crippen LogP contribution in [0.25, 0.3) is 16.6 Å². The van der Waals surface area contributed by atoms with Crippen molar-refractivity contribution in [3.05, 3.63) is 98.1 Å². The Morgan fingerprint density at radius 3 is 2.24 bits per heavy atom. The molecule has 4 aliphatic heterocycles. The number of nitrogens with one attached hydrogen (secondary N) is 1. The first-order valence-corrected chi connectivity index (χ1v) is 22.2. The van der Waals surface area contributed by atoms with Gasteiger partial charge in [-0.3, -0.25) is 24.3 Å². The molecule has 4 aromatic rings. The van der Waals surface area contributed by atoms with Crippen LogP contribution in [0.4, 0.5) is 14.5 Å². The summed E-state index contributed by atoms with van der Waals surface area (Å²) >= 11 is 6.61. The highest BCUT2D eigenvalue weighted by molar-refractivity contribution is 6.35. The van der Waals surface area contributed by atoms with Gasteiger partial charge in [-0.2, -0.15) is 4.98 Å². The second-order valence-corrected chi connectivity index (χ2v) is 18.9. The number of carbonyl (C=O) groups excluding carboxylic acids is 2. The average molecular weight is 808 g/mol. The Labute approximate surface area is 343 Å². The Bertz CT molecular complexity index is 2330. The molecule has 1 aromatic heterocycles. The summed E-state index contributed by atoms with van der Waals surface area (Å²) in [6, 6.07) is 15.6. The van der Waals surface area contributed by atoms with Gasteiger partial charge in [-0.1, -0.05) is 49.1 Å². The molecule has 1 unspecified atom stereocenters. The van der Waals surface area contributed by atoms with E-state index in [-0.39, 0.29) is 29.4 Å². The Balaban J connectivity index is 0.757. The Morgan fingerprint density at radius 2 is 1.53 bits per heavy atom. The molecule has 58 heavy (non-hydrogen) atoms. The van der Waals surface area contributed by atoms with Gasteiger partial charge in [0.15, 0.2) is 0 Å². The molecule has 2 spiro atoms. The summed E-state index contributed by atoms with van der Waals surface area (Å²) in [4.78, 5) is 46.8.